The molecule has 4 amide bonds. The maximum atomic E-state index is 14.1. The highest BCUT2D eigenvalue weighted by Crippen LogP contribution is 2.46. The van der Waals surface area contributed by atoms with E-state index in [1.807, 2.05) is 18.2 Å². The SMILES string of the molecule is CN(C(=O)NCc1ccc(F)cc1)N1CC(=O)N2[C@H](Cc3ccc(O[P+](O)(O)O)cc3)C(=O)N(Cc3cccc4sc(N)nc34)C[C@H]21. The fourth-order valence-corrected chi connectivity index (χ4v) is 7.05. The second-order valence-corrected chi connectivity index (χ2v) is 13.5. The monoisotopic (exact) mass is 684 g/mol. The lowest BCUT2D eigenvalue weighted by Gasteiger charge is -2.45. The molecule has 0 aliphatic carbocycles. The molecule has 0 spiro atoms. The Morgan fingerprint density at radius 3 is 2.51 bits per heavy atom. The lowest BCUT2D eigenvalue weighted by atomic mass is 9.99. The van der Waals surface area contributed by atoms with Crippen molar-refractivity contribution in [3.8, 4) is 5.75 Å². The molecular formula is C30H32FN7O7PS+. The van der Waals surface area contributed by atoms with Crippen molar-refractivity contribution in [3.05, 3.63) is 89.2 Å². The number of halogens is 1. The summed E-state index contributed by atoms with van der Waals surface area (Å²) in [5.74, 6) is -1.01. The molecule has 6 N–H and O–H groups in total. The Morgan fingerprint density at radius 2 is 1.81 bits per heavy atom. The number of anilines is 1. The quantitative estimate of drug-likeness (QED) is 0.164. The van der Waals surface area contributed by atoms with Crippen molar-refractivity contribution in [3.63, 3.8) is 0 Å². The number of nitrogen functional groups attached to an aromatic ring is 1. The van der Waals surface area contributed by atoms with Crippen LogP contribution >= 0.6 is 19.5 Å². The largest absolute Gasteiger partial charge is 0.613 e. The summed E-state index contributed by atoms with van der Waals surface area (Å²) < 4.78 is 18.9. The normalized spacial score (nSPS) is 18.5. The summed E-state index contributed by atoms with van der Waals surface area (Å²) in [6.07, 6.45) is -0.574. The Kier molecular flexibility index (Phi) is 8.98. The fourth-order valence-electron chi connectivity index (χ4n) is 5.87. The number of hydrazine groups is 1. The van der Waals surface area contributed by atoms with Crippen molar-refractivity contribution in [2.24, 2.45) is 0 Å². The number of amides is 4. The highest BCUT2D eigenvalue weighted by Gasteiger charge is 2.51. The number of aromatic nitrogens is 1. The summed E-state index contributed by atoms with van der Waals surface area (Å²) in [4.78, 5) is 76.3. The molecule has 3 heterocycles. The van der Waals surface area contributed by atoms with E-state index in [-0.39, 0.29) is 56.0 Å². The van der Waals surface area contributed by atoms with Gasteiger partial charge < -0.3 is 20.9 Å². The molecule has 0 saturated carbocycles. The van der Waals surface area contributed by atoms with E-state index >= 15 is 0 Å². The summed E-state index contributed by atoms with van der Waals surface area (Å²) in [5.41, 5.74) is 8.77. The van der Waals surface area contributed by atoms with Gasteiger partial charge in [0.25, 0.3) is 0 Å². The van der Waals surface area contributed by atoms with Gasteiger partial charge in [-0.1, -0.05) is 47.7 Å². The molecular weight excluding hydrogens is 652 g/mol. The molecule has 2 fully saturated rings. The number of rotatable bonds is 9. The van der Waals surface area contributed by atoms with Crippen LogP contribution in [0.5, 0.6) is 5.75 Å². The minimum absolute atomic E-state index is 0.0105. The third-order valence-corrected chi connectivity index (χ3v) is 9.37. The van der Waals surface area contributed by atoms with Crippen molar-refractivity contribution in [1.82, 2.24) is 30.1 Å². The van der Waals surface area contributed by atoms with Crippen molar-refractivity contribution in [2.75, 3.05) is 25.9 Å². The zero-order valence-corrected chi connectivity index (χ0v) is 26.8. The number of nitrogens with zero attached hydrogens (tertiary/aromatic N) is 5. The molecule has 2 atom stereocenters. The summed E-state index contributed by atoms with van der Waals surface area (Å²) >= 11 is 1.34. The van der Waals surface area contributed by atoms with Gasteiger partial charge in [0.05, 0.1) is 23.3 Å². The average molecular weight is 685 g/mol. The van der Waals surface area contributed by atoms with Crippen molar-refractivity contribution < 1.29 is 38.0 Å². The number of fused-ring (bicyclic) bond motifs is 2. The number of benzene rings is 3. The van der Waals surface area contributed by atoms with Crippen LogP contribution < -0.4 is 15.6 Å². The van der Waals surface area contributed by atoms with Gasteiger partial charge in [0, 0.05) is 26.6 Å². The van der Waals surface area contributed by atoms with E-state index in [0.29, 0.717) is 21.8 Å². The molecule has 1 aromatic heterocycles. The fraction of sp³-hybridized carbons (Fsp3) is 0.267. The molecule has 14 nitrogen and oxygen atoms in total. The van der Waals surface area contributed by atoms with Crippen LogP contribution in [0.25, 0.3) is 10.2 Å². The van der Waals surface area contributed by atoms with Gasteiger partial charge in [0.15, 0.2) is 10.9 Å². The Hall–Kier alpha value is -4.44. The zero-order valence-electron chi connectivity index (χ0n) is 25.1. The van der Waals surface area contributed by atoms with Crippen LogP contribution in [0.3, 0.4) is 0 Å². The van der Waals surface area contributed by atoms with Gasteiger partial charge in [-0.05, 0) is 47.0 Å². The number of nitrogens with one attached hydrogen (secondary N) is 1. The Bertz CT molecular complexity index is 1810. The molecule has 2 aliphatic rings. The van der Waals surface area contributed by atoms with Crippen LogP contribution in [-0.2, 0) is 29.1 Å². The van der Waals surface area contributed by atoms with Gasteiger partial charge in [-0.15, -0.1) is 0 Å². The molecule has 3 aromatic carbocycles. The standard InChI is InChI=1S/C30H31FN7O7PS/c1-35(30(41)33-14-19-5-9-21(31)10-6-19)37-17-26(39)38-23(13-18-7-11-22(12-8-18)45-46(42,43)44)28(40)36(16-25(37)38)15-20-3-2-4-24-27(20)34-29(32)47-24/h2-12,23,25,42-44H,13-17H2,1H3,(H2-,32,33,34,41)/p+1/t23-,25+/m1/s1. The van der Waals surface area contributed by atoms with Gasteiger partial charge >= 0.3 is 14.2 Å². The van der Waals surface area contributed by atoms with E-state index < -0.39 is 26.4 Å². The van der Waals surface area contributed by atoms with Gasteiger partial charge in [-0.25, -0.2) is 14.2 Å². The first-order valence-electron chi connectivity index (χ1n) is 14.5. The van der Waals surface area contributed by atoms with E-state index in [1.165, 1.54) is 52.6 Å². The first-order chi connectivity index (χ1) is 22.4. The maximum absolute atomic E-state index is 14.1. The number of urea groups is 1. The molecule has 6 rings (SSSR count). The van der Waals surface area contributed by atoms with Gasteiger partial charge in [0.2, 0.25) is 11.8 Å². The summed E-state index contributed by atoms with van der Waals surface area (Å²) in [5, 5.41) is 6.12. The van der Waals surface area contributed by atoms with Gasteiger partial charge in [-0.2, -0.15) is 19.7 Å². The molecule has 2 saturated heterocycles. The van der Waals surface area contributed by atoms with Crippen molar-refractivity contribution >= 4 is 52.7 Å². The second-order valence-electron chi connectivity index (χ2n) is 11.2. The molecule has 246 valence electrons. The van der Waals surface area contributed by atoms with Crippen molar-refractivity contribution in [1.29, 1.82) is 0 Å². The highest BCUT2D eigenvalue weighted by atomic mass is 32.1. The van der Waals surface area contributed by atoms with Crippen LogP contribution in [0.15, 0.2) is 66.7 Å². The minimum Gasteiger partial charge on any atom is -0.375 e. The molecule has 2 aliphatic heterocycles. The van der Waals surface area contributed by atoms with Crippen LogP contribution in [-0.4, -0.2) is 89.7 Å². The lowest BCUT2D eigenvalue weighted by Crippen LogP contribution is -2.65. The summed E-state index contributed by atoms with van der Waals surface area (Å²) in [6.45, 7) is 0.280. The maximum Gasteiger partial charge on any atom is 0.613 e. The third kappa shape index (κ3) is 7.12. The molecule has 47 heavy (non-hydrogen) atoms. The first-order valence-corrected chi connectivity index (χ1v) is 16.9. The first kappa shape index (κ1) is 32.5. The van der Waals surface area contributed by atoms with Crippen LogP contribution in [0.4, 0.5) is 14.3 Å². The Balaban J connectivity index is 1.27. The predicted molar refractivity (Wildman–Crippen MR) is 171 cm³/mol. The molecule has 17 heteroatoms. The number of carbonyl (C=O) groups is 3. The van der Waals surface area contributed by atoms with E-state index in [2.05, 4.69) is 10.3 Å². The molecule has 0 unspecified atom stereocenters. The van der Waals surface area contributed by atoms with E-state index in [9.17, 15) is 33.5 Å². The molecule has 4 aromatic rings. The average Bonchev–Trinajstić information content (AvgIpc) is 3.57. The second kappa shape index (κ2) is 13.0. The Morgan fingerprint density at radius 1 is 1.11 bits per heavy atom. The van der Waals surface area contributed by atoms with E-state index in [1.54, 1.807) is 34.2 Å². The van der Waals surface area contributed by atoms with E-state index in [0.717, 1.165) is 10.3 Å². The third-order valence-electron chi connectivity index (χ3n) is 8.06. The van der Waals surface area contributed by atoms with E-state index in [4.69, 9.17) is 10.3 Å². The molecule has 0 radical (unpaired) electrons. The molecule has 0 bridgehead atoms. The summed E-state index contributed by atoms with van der Waals surface area (Å²) in [6, 6.07) is 16.0. The predicted octanol–water partition coefficient (Wildman–Crippen LogP) is 2.23. The summed E-state index contributed by atoms with van der Waals surface area (Å²) in [7, 11) is -2.97. The van der Waals surface area contributed by atoms with Crippen LogP contribution in [0, 0.1) is 5.82 Å². The number of carbonyl (C=O) groups excluding carboxylic acids is 3. The number of para-hydroxylation sites is 1. The van der Waals surface area contributed by atoms with Crippen molar-refractivity contribution in [2.45, 2.75) is 31.7 Å². The number of piperazine rings is 1. The van der Waals surface area contributed by atoms with Gasteiger partial charge in [-0.3, -0.25) is 19.1 Å². The van der Waals surface area contributed by atoms with Gasteiger partial charge in [0.1, 0.15) is 18.0 Å². The smallest absolute Gasteiger partial charge is 0.375 e. The zero-order chi connectivity index (χ0) is 33.5. The minimum atomic E-state index is -4.51. The number of thiazole rings is 1. The van der Waals surface area contributed by atoms with Crippen LogP contribution in [0.1, 0.15) is 16.7 Å². The lowest BCUT2D eigenvalue weighted by molar-refractivity contribution is -0.157. The number of hydrogen-bond acceptors (Lipinski definition) is 11. The highest BCUT2D eigenvalue weighted by molar-refractivity contribution is 7.53. The number of hydrogen-bond donors (Lipinski definition) is 5. The Labute approximate surface area is 273 Å². The van der Waals surface area contributed by atoms with Crippen LogP contribution in [0.2, 0.25) is 0 Å². The topological polar surface area (TPSA) is 185 Å². The number of nitrogens with two attached hydrogens (primary N) is 1.